The molecule has 3 aromatic rings. The lowest BCUT2D eigenvalue weighted by Crippen LogP contribution is -2.32. The Morgan fingerprint density at radius 3 is 2.32 bits per heavy atom. The summed E-state index contributed by atoms with van der Waals surface area (Å²) < 4.78 is 1.45. The molecular formula is C16H7Cl2N3O4. The maximum Gasteiger partial charge on any atom is 0.383 e. The Hall–Kier alpha value is -2.90. The van der Waals surface area contributed by atoms with Crippen LogP contribution in [0.3, 0.4) is 0 Å². The average molecular weight is 376 g/mol. The molecule has 2 aromatic heterocycles. The molecule has 0 spiro atoms. The molecule has 1 aromatic carbocycles. The van der Waals surface area contributed by atoms with Gasteiger partial charge in [-0.1, -0.05) is 40.4 Å². The fourth-order valence-corrected chi connectivity index (χ4v) is 3.03. The van der Waals surface area contributed by atoms with Crippen LogP contribution in [0, 0.1) is 0 Å². The highest BCUT2D eigenvalue weighted by Crippen LogP contribution is 2.25. The van der Waals surface area contributed by atoms with E-state index in [2.05, 4.69) is 4.98 Å². The normalized spacial score (nSPS) is 13.4. The van der Waals surface area contributed by atoms with Crippen molar-refractivity contribution in [2.24, 2.45) is 0 Å². The molecule has 9 heteroatoms. The molecule has 0 unspecified atom stereocenters. The number of pyridine rings is 1. The van der Waals surface area contributed by atoms with Gasteiger partial charge in [0.05, 0.1) is 21.2 Å². The number of imidazole rings is 1. The first-order chi connectivity index (χ1) is 12.0. The minimum Gasteiger partial charge on any atom is -0.322 e. The fourth-order valence-electron chi connectivity index (χ4n) is 2.50. The number of hydrogen-bond donors (Lipinski definition) is 0. The van der Waals surface area contributed by atoms with Crippen LogP contribution in [-0.4, -0.2) is 32.2 Å². The molecule has 0 aliphatic carbocycles. The van der Waals surface area contributed by atoms with Crippen LogP contribution in [-0.2, 0) is 4.84 Å². The molecule has 3 heterocycles. The van der Waals surface area contributed by atoms with E-state index in [1.165, 1.54) is 35.0 Å². The molecule has 7 nitrogen and oxygen atoms in total. The summed E-state index contributed by atoms with van der Waals surface area (Å²) in [6.45, 7) is 0. The van der Waals surface area contributed by atoms with E-state index in [0.717, 1.165) is 0 Å². The number of aromatic nitrogens is 2. The van der Waals surface area contributed by atoms with Gasteiger partial charge in [-0.05, 0) is 18.2 Å². The highest BCUT2D eigenvalue weighted by Gasteiger charge is 2.39. The van der Waals surface area contributed by atoms with Crippen LogP contribution in [0.15, 0.2) is 42.7 Å². The minimum absolute atomic E-state index is 0.124. The third-order valence-corrected chi connectivity index (χ3v) is 4.10. The number of benzene rings is 1. The average Bonchev–Trinajstić information content (AvgIpc) is 3.11. The number of carbonyl (C=O) groups excluding carboxylic acids is 3. The first-order valence-corrected chi connectivity index (χ1v) is 7.75. The van der Waals surface area contributed by atoms with Gasteiger partial charge in [-0.3, -0.25) is 9.59 Å². The summed E-state index contributed by atoms with van der Waals surface area (Å²) in [4.78, 5) is 45.7. The maximum absolute atomic E-state index is 12.3. The van der Waals surface area contributed by atoms with E-state index in [1.54, 1.807) is 12.1 Å². The number of rotatable bonds is 2. The number of amides is 2. The highest BCUT2D eigenvalue weighted by molar-refractivity contribution is 6.36. The Morgan fingerprint density at radius 1 is 1.04 bits per heavy atom. The number of imide groups is 1. The van der Waals surface area contributed by atoms with Gasteiger partial charge >= 0.3 is 5.97 Å². The van der Waals surface area contributed by atoms with Gasteiger partial charge in [-0.2, -0.15) is 0 Å². The van der Waals surface area contributed by atoms with E-state index in [1.807, 2.05) is 0 Å². The van der Waals surface area contributed by atoms with Crippen molar-refractivity contribution >= 4 is 46.6 Å². The molecule has 25 heavy (non-hydrogen) atoms. The molecule has 0 radical (unpaired) electrons. The Kier molecular flexibility index (Phi) is 3.48. The second-order valence-electron chi connectivity index (χ2n) is 5.19. The van der Waals surface area contributed by atoms with Gasteiger partial charge in [-0.25, -0.2) is 9.78 Å². The van der Waals surface area contributed by atoms with Crippen LogP contribution >= 0.6 is 23.2 Å². The Labute approximate surface area is 150 Å². The number of hydrogen-bond acceptors (Lipinski definition) is 5. The van der Waals surface area contributed by atoms with Crippen LogP contribution < -0.4 is 0 Å². The van der Waals surface area contributed by atoms with Crippen molar-refractivity contribution in [1.82, 2.24) is 14.4 Å². The summed E-state index contributed by atoms with van der Waals surface area (Å²) in [5, 5.41) is 1.02. The first kappa shape index (κ1) is 15.6. The number of carbonyl (C=O) groups is 3. The lowest BCUT2D eigenvalue weighted by molar-refractivity contribution is -0.0588. The number of hydroxylamine groups is 2. The Balaban J connectivity index is 1.64. The van der Waals surface area contributed by atoms with Gasteiger partial charge in [0.25, 0.3) is 11.8 Å². The number of fused-ring (bicyclic) bond motifs is 2. The molecule has 1 aliphatic heterocycles. The predicted octanol–water partition coefficient (Wildman–Crippen LogP) is 3.01. The molecule has 2 amide bonds. The molecule has 0 saturated heterocycles. The molecular weight excluding hydrogens is 369 g/mol. The van der Waals surface area contributed by atoms with Crippen LogP contribution in [0.5, 0.6) is 0 Å². The SMILES string of the molecule is O=C(ON1C(=O)c2ccccc2C1=O)c1cn2cc(Cl)cc(Cl)c2n1. The van der Waals surface area contributed by atoms with Crippen LogP contribution in [0.1, 0.15) is 31.2 Å². The molecule has 124 valence electrons. The van der Waals surface area contributed by atoms with E-state index in [0.29, 0.717) is 15.7 Å². The summed E-state index contributed by atoms with van der Waals surface area (Å²) >= 11 is 11.9. The summed E-state index contributed by atoms with van der Waals surface area (Å²) in [5.74, 6) is -2.39. The van der Waals surface area contributed by atoms with Crippen LogP contribution in [0.25, 0.3) is 5.65 Å². The highest BCUT2D eigenvalue weighted by atomic mass is 35.5. The van der Waals surface area contributed by atoms with Crippen molar-refractivity contribution in [2.75, 3.05) is 0 Å². The zero-order valence-electron chi connectivity index (χ0n) is 12.3. The summed E-state index contributed by atoms with van der Waals surface area (Å²) in [6, 6.07) is 7.67. The molecule has 1 aliphatic rings. The maximum atomic E-state index is 12.3. The van der Waals surface area contributed by atoms with Gasteiger partial charge in [-0.15, -0.1) is 0 Å². The zero-order valence-corrected chi connectivity index (χ0v) is 13.8. The predicted molar refractivity (Wildman–Crippen MR) is 87.6 cm³/mol. The van der Waals surface area contributed by atoms with Crippen molar-refractivity contribution in [2.45, 2.75) is 0 Å². The van der Waals surface area contributed by atoms with Crippen LogP contribution in [0.4, 0.5) is 0 Å². The lowest BCUT2D eigenvalue weighted by atomic mass is 10.1. The van der Waals surface area contributed by atoms with Crippen molar-refractivity contribution in [3.05, 3.63) is 69.6 Å². The summed E-state index contributed by atoms with van der Waals surface area (Å²) in [5.41, 5.74) is 0.511. The molecule has 0 N–H and O–H groups in total. The largest absolute Gasteiger partial charge is 0.383 e. The number of halogens is 2. The monoisotopic (exact) mass is 375 g/mol. The van der Waals surface area contributed by atoms with Crippen molar-refractivity contribution in [3.63, 3.8) is 0 Å². The Bertz CT molecular complexity index is 1040. The molecule has 0 bridgehead atoms. The van der Waals surface area contributed by atoms with Crippen molar-refractivity contribution in [1.29, 1.82) is 0 Å². The van der Waals surface area contributed by atoms with E-state index in [9.17, 15) is 14.4 Å². The quantitative estimate of drug-likeness (QED) is 0.643. The summed E-state index contributed by atoms with van der Waals surface area (Å²) in [7, 11) is 0. The third-order valence-electron chi connectivity index (χ3n) is 3.61. The lowest BCUT2D eigenvalue weighted by Gasteiger charge is -2.11. The van der Waals surface area contributed by atoms with Crippen LogP contribution in [0.2, 0.25) is 10.0 Å². The second kappa shape index (κ2) is 5.58. The number of nitrogens with zero attached hydrogens (tertiary/aromatic N) is 3. The van der Waals surface area contributed by atoms with E-state index in [4.69, 9.17) is 28.0 Å². The minimum atomic E-state index is -0.967. The zero-order chi connectivity index (χ0) is 17.7. The van der Waals surface area contributed by atoms with Gasteiger partial charge < -0.3 is 9.24 Å². The standard InChI is InChI=1S/C16H7Cl2N3O4/c17-8-5-11(18)13-19-12(7-20(13)6-8)16(24)25-21-14(22)9-3-1-2-4-10(9)15(21)23/h1-7H. The molecule has 0 fully saturated rings. The van der Waals surface area contributed by atoms with Crippen molar-refractivity contribution < 1.29 is 19.2 Å². The van der Waals surface area contributed by atoms with E-state index < -0.39 is 17.8 Å². The second-order valence-corrected chi connectivity index (χ2v) is 6.04. The smallest absolute Gasteiger partial charge is 0.322 e. The third kappa shape index (κ3) is 2.45. The molecule has 0 atom stereocenters. The van der Waals surface area contributed by atoms with Gasteiger partial charge in [0, 0.05) is 12.4 Å². The topological polar surface area (TPSA) is 81.0 Å². The van der Waals surface area contributed by atoms with E-state index >= 15 is 0 Å². The summed E-state index contributed by atoms with van der Waals surface area (Å²) in [6.07, 6.45) is 2.85. The van der Waals surface area contributed by atoms with Gasteiger partial charge in [0.2, 0.25) is 0 Å². The molecule has 0 saturated carbocycles. The molecule has 4 rings (SSSR count). The first-order valence-electron chi connectivity index (χ1n) is 6.99. The van der Waals surface area contributed by atoms with Gasteiger partial charge in [0.15, 0.2) is 11.3 Å². The van der Waals surface area contributed by atoms with Gasteiger partial charge in [0.1, 0.15) is 0 Å². The fraction of sp³-hybridized carbons (Fsp3) is 0. The Morgan fingerprint density at radius 2 is 1.68 bits per heavy atom. The van der Waals surface area contributed by atoms with Crippen molar-refractivity contribution in [3.8, 4) is 0 Å². The van der Waals surface area contributed by atoms with E-state index in [-0.39, 0.29) is 21.8 Å².